The first kappa shape index (κ1) is 27.5. The van der Waals surface area contributed by atoms with Crippen LogP contribution in [0.1, 0.15) is 74.0 Å². The maximum Gasteiger partial charge on any atom is 0.416 e. The van der Waals surface area contributed by atoms with Crippen molar-refractivity contribution >= 4 is 28.4 Å². The molecule has 2 aromatic carbocycles. The van der Waals surface area contributed by atoms with E-state index >= 15 is 0 Å². The van der Waals surface area contributed by atoms with E-state index in [9.17, 15) is 18.0 Å². The Bertz CT molecular complexity index is 1320. The van der Waals surface area contributed by atoms with E-state index in [1.54, 1.807) is 21.0 Å². The highest BCUT2D eigenvalue weighted by atomic mass is 19.4. The molecule has 1 atom stereocenters. The fourth-order valence-corrected chi connectivity index (χ4v) is 5.17. The van der Waals surface area contributed by atoms with Crippen LogP contribution in [0.15, 0.2) is 30.3 Å². The van der Waals surface area contributed by atoms with Crippen molar-refractivity contribution in [2.45, 2.75) is 64.6 Å². The lowest BCUT2D eigenvalue weighted by Crippen LogP contribution is -2.23. The third kappa shape index (κ3) is 5.95. The summed E-state index contributed by atoms with van der Waals surface area (Å²) in [6.07, 6.45) is -1.43. The number of hydrogen-bond acceptors (Lipinski definition) is 7. The Morgan fingerprint density at radius 2 is 1.84 bits per heavy atom. The van der Waals surface area contributed by atoms with E-state index in [1.807, 2.05) is 19.1 Å². The van der Waals surface area contributed by atoms with Gasteiger partial charge in [-0.15, -0.1) is 0 Å². The number of ether oxygens (including phenoxy) is 2. The lowest BCUT2D eigenvalue weighted by atomic mass is 9.78. The number of rotatable bonds is 7. The van der Waals surface area contributed by atoms with Gasteiger partial charge in [-0.25, -0.2) is 9.97 Å². The van der Waals surface area contributed by atoms with Crippen molar-refractivity contribution in [2.24, 2.45) is 5.92 Å². The van der Waals surface area contributed by atoms with Crippen LogP contribution in [0.25, 0.3) is 10.9 Å². The second-order valence-corrected chi connectivity index (χ2v) is 9.78. The largest absolute Gasteiger partial charge is 0.496 e. The van der Waals surface area contributed by atoms with Gasteiger partial charge in [0.2, 0.25) is 0 Å². The van der Waals surface area contributed by atoms with Crippen LogP contribution in [0.4, 0.5) is 24.7 Å². The molecule has 38 heavy (non-hydrogen) atoms. The molecule has 1 heterocycles. The number of anilines is 2. The summed E-state index contributed by atoms with van der Waals surface area (Å²) in [7, 11) is 1.61. The average molecular weight is 531 g/mol. The quantitative estimate of drug-likeness (QED) is 0.264. The second kappa shape index (κ2) is 11.0. The molecule has 3 aromatic rings. The predicted molar refractivity (Wildman–Crippen MR) is 140 cm³/mol. The van der Waals surface area contributed by atoms with E-state index in [4.69, 9.17) is 15.2 Å². The molecule has 1 fully saturated rings. The van der Waals surface area contributed by atoms with Gasteiger partial charge in [-0.3, -0.25) is 4.79 Å². The summed E-state index contributed by atoms with van der Waals surface area (Å²) in [6, 6.07) is 6.91. The molecule has 204 valence electrons. The molecule has 0 saturated heterocycles. The van der Waals surface area contributed by atoms with E-state index in [-0.39, 0.29) is 23.5 Å². The highest BCUT2D eigenvalue weighted by Crippen LogP contribution is 2.42. The number of benzene rings is 2. The number of nitrogens with zero attached hydrogens (tertiary/aromatic N) is 2. The number of carbonyl (C=O) groups excluding carboxylic acids is 1. The lowest BCUT2D eigenvalue weighted by Gasteiger charge is -2.29. The van der Waals surface area contributed by atoms with Gasteiger partial charge >= 0.3 is 12.1 Å². The zero-order valence-electron chi connectivity index (χ0n) is 22.0. The third-order valence-electron chi connectivity index (χ3n) is 7.10. The average Bonchev–Trinajstić information content (AvgIpc) is 2.87. The molecule has 1 aromatic heterocycles. The minimum absolute atomic E-state index is 0.0395. The molecule has 1 aliphatic carbocycles. The Kier molecular flexibility index (Phi) is 7.99. The number of esters is 1. The molecule has 1 aliphatic rings. The summed E-state index contributed by atoms with van der Waals surface area (Å²) < 4.78 is 51.0. The Morgan fingerprint density at radius 1 is 1.13 bits per heavy atom. The van der Waals surface area contributed by atoms with Gasteiger partial charge in [-0.2, -0.15) is 13.2 Å². The number of hydrogen-bond donors (Lipinski definition) is 2. The molecule has 10 heteroatoms. The number of nitrogen functional groups attached to an aromatic ring is 1. The zero-order chi connectivity index (χ0) is 27.6. The van der Waals surface area contributed by atoms with E-state index < -0.39 is 17.8 Å². The third-order valence-corrected chi connectivity index (χ3v) is 7.10. The number of nitrogens with two attached hydrogens (primary N) is 1. The smallest absolute Gasteiger partial charge is 0.416 e. The normalized spacial score (nSPS) is 18.7. The SMILES string of the molecule is CCOC(=O)C1CCC(c2cc3c(NC(C)c4cc(N)cc(C(F)(F)F)c4)nc(C)nc3cc2OC)CC1. The van der Waals surface area contributed by atoms with Crippen LogP contribution in [-0.2, 0) is 15.7 Å². The summed E-state index contributed by atoms with van der Waals surface area (Å²) in [4.78, 5) is 21.3. The fourth-order valence-electron chi connectivity index (χ4n) is 5.17. The van der Waals surface area contributed by atoms with Gasteiger partial charge in [0.15, 0.2) is 0 Å². The van der Waals surface area contributed by atoms with Crippen LogP contribution in [0.3, 0.4) is 0 Å². The fraction of sp³-hybridized carbons (Fsp3) is 0.464. The van der Waals surface area contributed by atoms with Crippen LogP contribution >= 0.6 is 0 Å². The van der Waals surface area contributed by atoms with Gasteiger partial charge in [-0.05, 0) is 87.8 Å². The molecular weight excluding hydrogens is 497 g/mol. The Morgan fingerprint density at radius 3 is 2.47 bits per heavy atom. The van der Waals surface area contributed by atoms with Gasteiger partial charge in [0, 0.05) is 17.1 Å². The minimum atomic E-state index is -4.50. The first-order valence-electron chi connectivity index (χ1n) is 12.8. The van der Waals surface area contributed by atoms with E-state index in [2.05, 4.69) is 15.3 Å². The van der Waals surface area contributed by atoms with Crippen molar-refractivity contribution in [2.75, 3.05) is 24.8 Å². The van der Waals surface area contributed by atoms with Gasteiger partial charge in [-0.1, -0.05) is 0 Å². The summed E-state index contributed by atoms with van der Waals surface area (Å²) >= 11 is 0. The molecule has 4 rings (SSSR count). The highest BCUT2D eigenvalue weighted by molar-refractivity contribution is 5.91. The number of methoxy groups -OCH3 is 1. The molecule has 0 aliphatic heterocycles. The number of aryl methyl sites for hydroxylation is 1. The molecule has 3 N–H and O–H groups in total. The summed E-state index contributed by atoms with van der Waals surface area (Å²) in [5.74, 6) is 1.67. The number of fused-ring (bicyclic) bond motifs is 1. The van der Waals surface area contributed by atoms with Crippen LogP contribution in [-0.4, -0.2) is 29.7 Å². The maximum absolute atomic E-state index is 13.4. The molecule has 1 saturated carbocycles. The van der Waals surface area contributed by atoms with Crippen LogP contribution in [0.2, 0.25) is 0 Å². The second-order valence-electron chi connectivity index (χ2n) is 9.78. The molecule has 7 nitrogen and oxygen atoms in total. The zero-order valence-corrected chi connectivity index (χ0v) is 22.0. The van der Waals surface area contributed by atoms with Crippen molar-refractivity contribution in [3.8, 4) is 5.75 Å². The number of nitrogens with one attached hydrogen (secondary N) is 1. The van der Waals surface area contributed by atoms with E-state index in [0.717, 1.165) is 48.8 Å². The van der Waals surface area contributed by atoms with Gasteiger partial charge in [0.1, 0.15) is 17.4 Å². The highest BCUT2D eigenvalue weighted by Gasteiger charge is 2.32. The topological polar surface area (TPSA) is 99.4 Å². The van der Waals surface area contributed by atoms with Crippen LogP contribution in [0.5, 0.6) is 5.75 Å². The Labute approximate surface area is 219 Å². The first-order chi connectivity index (χ1) is 18.0. The monoisotopic (exact) mass is 530 g/mol. The van der Waals surface area contributed by atoms with Crippen molar-refractivity contribution in [3.05, 3.63) is 52.8 Å². The molecule has 0 radical (unpaired) electrons. The summed E-state index contributed by atoms with van der Waals surface area (Å²) in [5.41, 5.74) is 7.08. The number of halogens is 3. The standard InChI is InChI=1S/C28H33F3N4O3/c1-5-38-27(36)18-8-6-17(7-9-18)22-13-23-24(14-25(22)37-4)34-16(3)35-26(23)33-15(2)19-10-20(28(29,30)31)12-21(32)11-19/h10-15,17-18H,5-9,32H2,1-4H3,(H,33,34,35). The Hall–Kier alpha value is -3.56. The maximum atomic E-state index is 13.4. The van der Waals surface area contributed by atoms with Crippen molar-refractivity contribution in [3.63, 3.8) is 0 Å². The Balaban J connectivity index is 1.67. The first-order valence-corrected chi connectivity index (χ1v) is 12.8. The summed E-state index contributed by atoms with van der Waals surface area (Å²) in [5, 5.41) is 4.02. The van der Waals surface area contributed by atoms with Crippen LogP contribution in [0, 0.1) is 12.8 Å². The number of carbonyl (C=O) groups is 1. The van der Waals surface area contributed by atoms with E-state index in [1.165, 1.54) is 6.07 Å². The van der Waals surface area contributed by atoms with Gasteiger partial charge in [0.25, 0.3) is 0 Å². The van der Waals surface area contributed by atoms with Crippen molar-refractivity contribution < 1.29 is 27.4 Å². The number of alkyl halides is 3. The molecule has 0 spiro atoms. The number of aromatic nitrogens is 2. The van der Waals surface area contributed by atoms with Crippen LogP contribution < -0.4 is 15.8 Å². The van der Waals surface area contributed by atoms with Crippen molar-refractivity contribution in [1.82, 2.24) is 9.97 Å². The minimum Gasteiger partial charge on any atom is -0.496 e. The molecular formula is C28H33F3N4O3. The van der Waals surface area contributed by atoms with E-state index in [0.29, 0.717) is 35.1 Å². The molecule has 1 unspecified atom stereocenters. The molecule has 0 bridgehead atoms. The lowest BCUT2D eigenvalue weighted by molar-refractivity contribution is -0.149. The molecule has 0 amide bonds. The van der Waals surface area contributed by atoms with Crippen molar-refractivity contribution in [1.29, 1.82) is 0 Å². The predicted octanol–water partition coefficient (Wildman–Crippen LogP) is 6.56. The van der Waals surface area contributed by atoms with Gasteiger partial charge in [0.05, 0.1) is 36.8 Å². The van der Waals surface area contributed by atoms with Gasteiger partial charge < -0.3 is 20.5 Å². The summed E-state index contributed by atoms with van der Waals surface area (Å²) in [6.45, 7) is 5.70.